The number of carbonyl (C=O) groups is 2. The van der Waals surface area contributed by atoms with E-state index < -0.39 is 0 Å². The third kappa shape index (κ3) is 4.80. The van der Waals surface area contributed by atoms with Gasteiger partial charge in [-0.3, -0.25) is 14.5 Å². The lowest BCUT2D eigenvalue weighted by Crippen LogP contribution is -2.51. The van der Waals surface area contributed by atoms with Crippen molar-refractivity contribution >= 4 is 11.8 Å². The van der Waals surface area contributed by atoms with Crippen LogP contribution in [-0.2, 0) is 14.3 Å². The maximum Gasteiger partial charge on any atom is 0.234 e. The minimum absolute atomic E-state index is 0.0168. The second-order valence-electron chi connectivity index (χ2n) is 6.80. The van der Waals surface area contributed by atoms with Crippen molar-refractivity contribution in [3.05, 3.63) is 35.9 Å². The standard InChI is InChI=1S/C19H27N3O3/c1-25-12-7-20-18(23)14-21-8-10-22(11-9-21)19(24)17-13-16(17)15-5-3-2-4-6-15/h2-6,16-17H,7-14H2,1H3,(H,20,23). The van der Waals surface area contributed by atoms with Crippen LogP contribution in [0.15, 0.2) is 30.3 Å². The van der Waals surface area contributed by atoms with Crippen molar-refractivity contribution in [3.8, 4) is 0 Å². The fourth-order valence-electron chi connectivity index (χ4n) is 3.45. The molecule has 2 atom stereocenters. The van der Waals surface area contributed by atoms with E-state index in [9.17, 15) is 9.59 Å². The van der Waals surface area contributed by atoms with Crippen LogP contribution in [0.5, 0.6) is 0 Å². The minimum Gasteiger partial charge on any atom is -0.383 e. The molecule has 1 aromatic rings. The summed E-state index contributed by atoms with van der Waals surface area (Å²) in [4.78, 5) is 28.6. The minimum atomic E-state index is 0.0168. The van der Waals surface area contributed by atoms with Crippen LogP contribution in [-0.4, -0.2) is 74.6 Å². The Bertz CT molecular complexity index is 585. The number of hydrogen-bond acceptors (Lipinski definition) is 4. The molecule has 136 valence electrons. The Hall–Kier alpha value is -1.92. The van der Waals surface area contributed by atoms with Gasteiger partial charge in [-0.05, 0) is 17.9 Å². The van der Waals surface area contributed by atoms with Gasteiger partial charge in [0, 0.05) is 45.8 Å². The fourth-order valence-corrected chi connectivity index (χ4v) is 3.45. The van der Waals surface area contributed by atoms with Crippen molar-refractivity contribution in [2.75, 3.05) is 53.0 Å². The summed E-state index contributed by atoms with van der Waals surface area (Å²) in [6.07, 6.45) is 0.963. The van der Waals surface area contributed by atoms with E-state index in [2.05, 4.69) is 22.3 Å². The lowest BCUT2D eigenvalue weighted by atomic mass is 10.1. The Morgan fingerprint density at radius 1 is 1.16 bits per heavy atom. The van der Waals surface area contributed by atoms with E-state index in [-0.39, 0.29) is 17.7 Å². The quantitative estimate of drug-likeness (QED) is 0.739. The number of piperazine rings is 1. The van der Waals surface area contributed by atoms with Crippen LogP contribution >= 0.6 is 0 Å². The van der Waals surface area contributed by atoms with Gasteiger partial charge in [-0.15, -0.1) is 0 Å². The van der Waals surface area contributed by atoms with Gasteiger partial charge >= 0.3 is 0 Å². The molecule has 0 bridgehead atoms. The molecule has 1 aliphatic heterocycles. The van der Waals surface area contributed by atoms with Crippen molar-refractivity contribution < 1.29 is 14.3 Å². The number of rotatable bonds is 7. The summed E-state index contributed by atoms with van der Waals surface area (Å²) in [6, 6.07) is 10.3. The topological polar surface area (TPSA) is 61.9 Å². The van der Waals surface area contributed by atoms with Crippen LogP contribution in [0, 0.1) is 5.92 Å². The molecule has 1 saturated carbocycles. The summed E-state index contributed by atoms with van der Waals surface area (Å²) >= 11 is 0. The molecule has 2 amide bonds. The van der Waals surface area contributed by atoms with Crippen LogP contribution in [0.3, 0.4) is 0 Å². The number of amides is 2. The van der Waals surface area contributed by atoms with E-state index in [1.54, 1.807) is 7.11 Å². The summed E-state index contributed by atoms with van der Waals surface area (Å²) in [5, 5.41) is 2.83. The number of ether oxygens (including phenoxy) is 1. The molecule has 1 aliphatic carbocycles. The van der Waals surface area contributed by atoms with E-state index in [1.165, 1.54) is 5.56 Å². The zero-order valence-corrected chi connectivity index (χ0v) is 14.8. The van der Waals surface area contributed by atoms with Gasteiger partial charge in [0.15, 0.2) is 0 Å². The third-order valence-corrected chi connectivity index (χ3v) is 5.01. The van der Waals surface area contributed by atoms with Gasteiger partial charge in [0.1, 0.15) is 0 Å². The summed E-state index contributed by atoms with van der Waals surface area (Å²) in [5.74, 6) is 0.825. The molecule has 2 fully saturated rings. The molecule has 1 heterocycles. The second kappa shape index (κ2) is 8.45. The van der Waals surface area contributed by atoms with E-state index in [4.69, 9.17) is 4.74 Å². The molecule has 1 N–H and O–H groups in total. The molecule has 0 aromatic heterocycles. The highest BCUT2D eigenvalue weighted by Gasteiger charge is 2.45. The summed E-state index contributed by atoms with van der Waals surface area (Å²) < 4.78 is 4.92. The van der Waals surface area contributed by atoms with Crippen LogP contribution in [0.4, 0.5) is 0 Å². The Balaban J connectivity index is 1.39. The summed E-state index contributed by atoms with van der Waals surface area (Å²) in [7, 11) is 1.62. The molecule has 6 nitrogen and oxygen atoms in total. The van der Waals surface area contributed by atoms with Crippen molar-refractivity contribution in [1.82, 2.24) is 15.1 Å². The third-order valence-electron chi connectivity index (χ3n) is 5.01. The number of hydrogen-bond donors (Lipinski definition) is 1. The molecule has 2 unspecified atom stereocenters. The number of methoxy groups -OCH3 is 1. The molecule has 1 saturated heterocycles. The molecule has 2 aliphatic rings. The van der Waals surface area contributed by atoms with E-state index >= 15 is 0 Å². The number of nitrogens with one attached hydrogen (secondary N) is 1. The molecular weight excluding hydrogens is 318 g/mol. The van der Waals surface area contributed by atoms with Gasteiger partial charge < -0.3 is 15.0 Å². The first-order chi connectivity index (χ1) is 12.2. The maximum atomic E-state index is 12.7. The van der Waals surface area contributed by atoms with Gasteiger partial charge in [-0.25, -0.2) is 0 Å². The van der Waals surface area contributed by atoms with Gasteiger partial charge in [0.05, 0.1) is 13.2 Å². The Morgan fingerprint density at radius 3 is 2.56 bits per heavy atom. The first-order valence-electron chi connectivity index (χ1n) is 9.00. The predicted molar refractivity (Wildman–Crippen MR) is 95.2 cm³/mol. The molecule has 1 aromatic carbocycles. The lowest BCUT2D eigenvalue weighted by molar-refractivity contribution is -0.134. The van der Waals surface area contributed by atoms with E-state index in [0.717, 1.165) is 19.5 Å². The first-order valence-corrected chi connectivity index (χ1v) is 9.00. The molecule has 6 heteroatoms. The molecule has 0 spiro atoms. The van der Waals surface area contributed by atoms with Crippen LogP contribution in [0.2, 0.25) is 0 Å². The average molecular weight is 345 g/mol. The van der Waals surface area contributed by atoms with E-state index in [1.807, 2.05) is 23.1 Å². The normalized spacial score (nSPS) is 23.3. The Labute approximate surface area is 149 Å². The van der Waals surface area contributed by atoms with Crippen molar-refractivity contribution in [2.45, 2.75) is 12.3 Å². The Morgan fingerprint density at radius 2 is 1.88 bits per heavy atom. The average Bonchev–Trinajstić information content (AvgIpc) is 3.43. The summed E-state index contributed by atoms with van der Waals surface area (Å²) in [5.41, 5.74) is 1.27. The molecule has 0 radical (unpaired) electrons. The SMILES string of the molecule is COCCNC(=O)CN1CCN(C(=O)C2CC2c2ccccc2)CC1. The fraction of sp³-hybridized carbons (Fsp3) is 0.579. The molecular formula is C19H27N3O3. The van der Waals surface area contributed by atoms with Crippen molar-refractivity contribution in [2.24, 2.45) is 5.92 Å². The van der Waals surface area contributed by atoms with Gasteiger partial charge in [0.2, 0.25) is 11.8 Å². The largest absolute Gasteiger partial charge is 0.383 e. The zero-order valence-electron chi connectivity index (χ0n) is 14.8. The highest BCUT2D eigenvalue weighted by atomic mass is 16.5. The maximum absolute atomic E-state index is 12.7. The van der Waals surface area contributed by atoms with Crippen molar-refractivity contribution in [3.63, 3.8) is 0 Å². The molecule has 25 heavy (non-hydrogen) atoms. The molecule has 3 rings (SSSR count). The van der Waals surface area contributed by atoms with E-state index in [0.29, 0.717) is 38.7 Å². The van der Waals surface area contributed by atoms with Crippen molar-refractivity contribution in [1.29, 1.82) is 0 Å². The first kappa shape index (κ1) is 17.9. The van der Waals surface area contributed by atoms with Crippen LogP contribution in [0.1, 0.15) is 17.9 Å². The van der Waals surface area contributed by atoms with Gasteiger partial charge in [0.25, 0.3) is 0 Å². The monoisotopic (exact) mass is 345 g/mol. The predicted octanol–water partition coefficient (Wildman–Crippen LogP) is 0.697. The lowest BCUT2D eigenvalue weighted by Gasteiger charge is -2.34. The second-order valence-corrected chi connectivity index (χ2v) is 6.80. The number of benzene rings is 1. The van der Waals surface area contributed by atoms with Gasteiger partial charge in [-0.2, -0.15) is 0 Å². The number of nitrogens with zero attached hydrogens (tertiary/aromatic N) is 2. The van der Waals surface area contributed by atoms with Crippen LogP contribution in [0.25, 0.3) is 0 Å². The highest BCUT2D eigenvalue weighted by Crippen LogP contribution is 2.48. The number of carbonyl (C=O) groups excluding carboxylic acids is 2. The highest BCUT2D eigenvalue weighted by molar-refractivity contribution is 5.83. The summed E-state index contributed by atoms with van der Waals surface area (Å²) in [6.45, 7) is 4.39. The Kier molecular flexibility index (Phi) is 6.04. The van der Waals surface area contributed by atoms with Gasteiger partial charge in [-0.1, -0.05) is 30.3 Å². The van der Waals surface area contributed by atoms with Crippen LogP contribution < -0.4 is 5.32 Å². The smallest absolute Gasteiger partial charge is 0.234 e. The zero-order chi connectivity index (χ0) is 17.6.